The Bertz CT molecular complexity index is 408. The molecule has 2 aliphatic rings. The zero-order valence-corrected chi connectivity index (χ0v) is 11.7. The normalized spacial score (nSPS) is 22.4. The van der Waals surface area contributed by atoms with Gasteiger partial charge < -0.3 is 20.2 Å². The summed E-state index contributed by atoms with van der Waals surface area (Å²) in [4.78, 5) is 38.1. The van der Waals surface area contributed by atoms with Gasteiger partial charge in [0.2, 0.25) is 5.91 Å². The van der Waals surface area contributed by atoms with E-state index in [0.29, 0.717) is 32.0 Å². The first-order valence-electron chi connectivity index (χ1n) is 7.08. The highest BCUT2D eigenvalue weighted by atomic mass is 16.4. The van der Waals surface area contributed by atoms with E-state index in [0.717, 1.165) is 12.8 Å². The van der Waals surface area contributed by atoms with Crippen molar-refractivity contribution in [3.05, 3.63) is 0 Å². The van der Waals surface area contributed by atoms with Crippen molar-refractivity contribution in [1.82, 2.24) is 15.1 Å². The number of hydrogen-bond acceptors (Lipinski definition) is 3. The van der Waals surface area contributed by atoms with Crippen LogP contribution >= 0.6 is 0 Å². The van der Waals surface area contributed by atoms with Crippen LogP contribution in [0.2, 0.25) is 0 Å². The quantitative estimate of drug-likeness (QED) is 0.749. The minimum absolute atomic E-state index is 0.159. The predicted molar refractivity (Wildman–Crippen MR) is 71.1 cm³/mol. The van der Waals surface area contributed by atoms with E-state index in [1.54, 1.807) is 0 Å². The maximum absolute atomic E-state index is 12.5. The Morgan fingerprint density at radius 2 is 2.15 bits per heavy atom. The summed E-state index contributed by atoms with van der Waals surface area (Å²) in [6, 6.07) is -0.826. The molecule has 1 saturated carbocycles. The summed E-state index contributed by atoms with van der Waals surface area (Å²) in [6.45, 7) is 2.87. The highest BCUT2D eigenvalue weighted by molar-refractivity contribution is 5.89. The Labute approximate surface area is 117 Å². The van der Waals surface area contributed by atoms with Crippen molar-refractivity contribution in [3.8, 4) is 0 Å². The molecule has 1 unspecified atom stereocenters. The van der Waals surface area contributed by atoms with Crippen molar-refractivity contribution in [2.75, 3.05) is 26.2 Å². The number of amides is 3. The van der Waals surface area contributed by atoms with E-state index in [4.69, 9.17) is 5.11 Å². The van der Waals surface area contributed by atoms with E-state index in [1.807, 2.05) is 6.92 Å². The molecule has 112 valence electrons. The Morgan fingerprint density at radius 3 is 2.70 bits per heavy atom. The average molecular weight is 283 g/mol. The SMILES string of the molecule is CCC1C(=O)NCCN1C(=O)N(CC(=O)O)CC1CC1. The molecule has 7 heteroatoms. The number of nitrogens with zero attached hydrogens (tertiary/aromatic N) is 2. The van der Waals surface area contributed by atoms with E-state index in [-0.39, 0.29) is 18.5 Å². The van der Waals surface area contributed by atoms with Gasteiger partial charge in [0.25, 0.3) is 0 Å². The van der Waals surface area contributed by atoms with Gasteiger partial charge in [-0.3, -0.25) is 9.59 Å². The lowest BCUT2D eigenvalue weighted by Gasteiger charge is -2.37. The number of nitrogens with one attached hydrogen (secondary N) is 1. The van der Waals surface area contributed by atoms with Crippen molar-refractivity contribution in [2.45, 2.75) is 32.2 Å². The number of carbonyl (C=O) groups is 3. The summed E-state index contributed by atoms with van der Waals surface area (Å²) in [7, 11) is 0. The summed E-state index contributed by atoms with van der Waals surface area (Å²) >= 11 is 0. The first-order valence-corrected chi connectivity index (χ1v) is 7.08. The van der Waals surface area contributed by atoms with E-state index < -0.39 is 12.0 Å². The molecule has 0 aromatic rings. The van der Waals surface area contributed by atoms with Crippen molar-refractivity contribution in [3.63, 3.8) is 0 Å². The number of carboxylic acids is 1. The lowest BCUT2D eigenvalue weighted by molar-refractivity contribution is -0.137. The van der Waals surface area contributed by atoms with Crippen LogP contribution in [0.4, 0.5) is 4.79 Å². The molecule has 1 aliphatic heterocycles. The molecule has 7 nitrogen and oxygen atoms in total. The molecule has 0 spiro atoms. The number of carbonyl (C=O) groups excluding carboxylic acids is 2. The van der Waals surface area contributed by atoms with Gasteiger partial charge in [-0.2, -0.15) is 0 Å². The number of aliphatic carboxylic acids is 1. The Morgan fingerprint density at radius 1 is 1.45 bits per heavy atom. The van der Waals surface area contributed by atoms with Crippen LogP contribution in [0, 0.1) is 5.92 Å². The summed E-state index contributed by atoms with van der Waals surface area (Å²) in [5.74, 6) is -0.765. The second-order valence-corrected chi connectivity index (χ2v) is 5.41. The molecule has 1 atom stereocenters. The molecule has 0 radical (unpaired) electrons. The number of rotatable bonds is 5. The molecule has 1 aliphatic carbocycles. The third-order valence-corrected chi connectivity index (χ3v) is 3.74. The van der Waals surface area contributed by atoms with Crippen LogP contribution in [0.5, 0.6) is 0 Å². The van der Waals surface area contributed by atoms with E-state index in [1.165, 1.54) is 9.80 Å². The largest absolute Gasteiger partial charge is 0.480 e. The molecular weight excluding hydrogens is 262 g/mol. The van der Waals surface area contributed by atoms with Crippen molar-refractivity contribution < 1.29 is 19.5 Å². The minimum Gasteiger partial charge on any atom is -0.480 e. The zero-order valence-electron chi connectivity index (χ0n) is 11.7. The molecule has 0 bridgehead atoms. The third-order valence-electron chi connectivity index (χ3n) is 3.74. The number of urea groups is 1. The fourth-order valence-electron chi connectivity index (χ4n) is 2.52. The molecule has 20 heavy (non-hydrogen) atoms. The molecule has 2 rings (SSSR count). The maximum atomic E-state index is 12.5. The Balaban J connectivity index is 2.07. The van der Waals surface area contributed by atoms with Gasteiger partial charge in [-0.1, -0.05) is 6.92 Å². The van der Waals surface area contributed by atoms with Crippen LogP contribution < -0.4 is 5.32 Å². The first-order chi connectivity index (χ1) is 9.52. The predicted octanol–water partition coefficient (Wildman–Crippen LogP) is 0.113. The van der Waals surface area contributed by atoms with E-state index >= 15 is 0 Å². The number of piperazine rings is 1. The second kappa shape index (κ2) is 6.11. The summed E-state index contributed by atoms with van der Waals surface area (Å²) in [6.07, 6.45) is 2.62. The van der Waals surface area contributed by atoms with Gasteiger partial charge in [0.15, 0.2) is 0 Å². The standard InChI is InChI=1S/C13H21N3O4/c1-2-10-12(19)14-5-6-16(10)13(20)15(8-11(17)18)7-9-3-4-9/h9-10H,2-8H2,1H3,(H,14,19)(H,17,18). The van der Waals surface area contributed by atoms with Crippen LogP contribution in [0.3, 0.4) is 0 Å². The lowest BCUT2D eigenvalue weighted by atomic mass is 10.1. The molecule has 0 aromatic carbocycles. The minimum atomic E-state index is -1.02. The zero-order chi connectivity index (χ0) is 14.7. The lowest BCUT2D eigenvalue weighted by Crippen LogP contribution is -2.60. The van der Waals surface area contributed by atoms with Gasteiger partial charge >= 0.3 is 12.0 Å². The molecule has 1 saturated heterocycles. The number of hydrogen-bond donors (Lipinski definition) is 2. The van der Waals surface area contributed by atoms with Crippen LogP contribution in [-0.2, 0) is 9.59 Å². The molecule has 2 fully saturated rings. The smallest absolute Gasteiger partial charge is 0.323 e. The van der Waals surface area contributed by atoms with Crippen molar-refractivity contribution in [2.24, 2.45) is 5.92 Å². The average Bonchev–Trinajstić information content (AvgIpc) is 3.20. The highest BCUT2D eigenvalue weighted by Gasteiger charge is 2.36. The maximum Gasteiger partial charge on any atom is 0.323 e. The first kappa shape index (κ1) is 14.6. The fraction of sp³-hybridized carbons (Fsp3) is 0.769. The summed E-state index contributed by atoms with van der Waals surface area (Å²) in [5, 5.41) is 11.7. The van der Waals surface area contributed by atoms with Gasteiger partial charge in [0, 0.05) is 19.6 Å². The summed E-state index contributed by atoms with van der Waals surface area (Å²) in [5.41, 5.74) is 0. The monoisotopic (exact) mass is 283 g/mol. The van der Waals surface area contributed by atoms with Crippen LogP contribution in [-0.4, -0.2) is 65.0 Å². The van der Waals surface area contributed by atoms with Gasteiger partial charge in [-0.25, -0.2) is 4.79 Å². The summed E-state index contributed by atoms with van der Waals surface area (Å²) < 4.78 is 0. The topological polar surface area (TPSA) is 90.0 Å². The third kappa shape index (κ3) is 3.40. The van der Waals surface area contributed by atoms with E-state index in [2.05, 4.69) is 5.32 Å². The Kier molecular flexibility index (Phi) is 4.46. The molecule has 2 N–H and O–H groups in total. The van der Waals surface area contributed by atoms with Crippen LogP contribution in [0.15, 0.2) is 0 Å². The van der Waals surface area contributed by atoms with Gasteiger partial charge in [-0.15, -0.1) is 0 Å². The fourth-order valence-corrected chi connectivity index (χ4v) is 2.52. The van der Waals surface area contributed by atoms with Gasteiger partial charge in [0.05, 0.1) is 0 Å². The van der Waals surface area contributed by atoms with Crippen molar-refractivity contribution >= 4 is 17.9 Å². The van der Waals surface area contributed by atoms with Gasteiger partial charge in [0.1, 0.15) is 12.6 Å². The molecular formula is C13H21N3O4. The van der Waals surface area contributed by atoms with Crippen LogP contribution in [0.25, 0.3) is 0 Å². The van der Waals surface area contributed by atoms with Crippen molar-refractivity contribution in [1.29, 1.82) is 0 Å². The van der Waals surface area contributed by atoms with Crippen LogP contribution in [0.1, 0.15) is 26.2 Å². The molecule has 3 amide bonds. The second-order valence-electron chi connectivity index (χ2n) is 5.41. The van der Waals surface area contributed by atoms with Gasteiger partial charge in [-0.05, 0) is 25.2 Å². The number of carboxylic acid groups (broad SMARTS) is 1. The Hall–Kier alpha value is -1.79. The molecule has 0 aromatic heterocycles. The highest BCUT2D eigenvalue weighted by Crippen LogP contribution is 2.30. The molecule has 1 heterocycles. The van der Waals surface area contributed by atoms with E-state index in [9.17, 15) is 14.4 Å².